The van der Waals surface area contributed by atoms with Gasteiger partial charge in [-0.05, 0) is 20.3 Å². The number of aliphatic hydroxyl groups excluding tert-OH is 1. The Kier molecular flexibility index (Phi) is 4.47. The van der Waals surface area contributed by atoms with E-state index in [0.717, 1.165) is 23.6 Å². The molecule has 0 aliphatic carbocycles. The summed E-state index contributed by atoms with van der Waals surface area (Å²) >= 11 is 5.05. The fraction of sp³-hybridized carbons (Fsp3) is 0.636. The molecule has 1 aromatic heterocycles. The number of thiocarbonyl (C=S) groups is 1. The van der Waals surface area contributed by atoms with Crippen molar-refractivity contribution in [3.8, 4) is 0 Å². The van der Waals surface area contributed by atoms with E-state index in [1.54, 1.807) is 11.6 Å². The van der Waals surface area contributed by atoms with Gasteiger partial charge in [0.05, 0.1) is 17.4 Å². The van der Waals surface area contributed by atoms with Crippen molar-refractivity contribution in [2.75, 3.05) is 18.5 Å². The minimum Gasteiger partial charge on any atom is -0.393 e. The second-order valence-corrected chi connectivity index (χ2v) is 4.77. The van der Waals surface area contributed by atoms with E-state index >= 15 is 0 Å². The van der Waals surface area contributed by atoms with Crippen LogP contribution < -0.4 is 10.6 Å². The highest BCUT2D eigenvalue weighted by Crippen LogP contribution is 2.22. The number of hydrogen-bond donors (Lipinski definition) is 2. The number of aliphatic hydroxyl groups is 1. The summed E-state index contributed by atoms with van der Waals surface area (Å²) in [6, 6.07) is 0. The van der Waals surface area contributed by atoms with Crippen molar-refractivity contribution in [2.45, 2.75) is 26.4 Å². The van der Waals surface area contributed by atoms with E-state index in [1.165, 1.54) is 0 Å². The minimum absolute atomic E-state index is 0.319. The van der Waals surface area contributed by atoms with E-state index in [1.807, 2.05) is 25.9 Å². The SMILES string of the molecule is Cc1nn(C)c(N(C)CCC(C)O)c1C(N)=S. The predicted molar refractivity (Wildman–Crippen MR) is 73.4 cm³/mol. The first-order chi connectivity index (χ1) is 7.84. The van der Waals surface area contributed by atoms with Crippen molar-refractivity contribution < 1.29 is 5.11 Å². The lowest BCUT2D eigenvalue weighted by molar-refractivity contribution is 0.186. The third-order valence-electron chi connectivity index (χ3n) is 2.68. The second kappa shape index (κ2) is 5.46. The summed E-state index contributed by atoms with van der Waals surface area (Å²) in [7, 11) is 3.81. The van der Waals surface area contributed by atoms with Crippen LogP contribution in [-0.2, 0) is 7.05 Å². The Hall–Kier alpha value is -1.14. The molecule has 0 radical (unpaired) electrons. The van der Waals surface area contributed by atoms with E-state index < -0.39 is 0 Å². The number of nitrogens with zero attached hydrogens (tertiary/aromatic N) is 3. The normalized spacial score (nSPS) is 12.5. The number of hydrogen-bond acceptors (Lipinski definition) is 4. The van der Waals surface area contributed by atoms with Crippen LogP contribution in [0.4, 0.5) is 5.82 Å². The zero-order valence-electron chi connectivity index (χ0n) is 10.8. The van der Waals surface area contributed by atoms with Gasteiger partial charge in [0.1, 0.15) is 10.8 Å². The maximum absolute atomic E-state index is 9.30. The molecule has 1 unspecified atom stereocenters. The number of aryl methyl sites for hydroxylation is 2. The Morgan fingerprint density at radius 3 is 2.71 bits per heavy atom. The molecule has 0 aliphatic heterocycles. The van der Waals surface area contributed by atoms with Crippen LogP contribution >= 0.6 is 12.2 Å². The van der Waals surface area contributed by atoms with Crippen LogP contribution in [0.1, 0.15) is 24.6 Å². The van der Waals surface area contributed by atoms with Crippen LogP contribution in [0.2, 0.25) is 0 Å². The van der Waals surface area contributed by atoms with E-state index in [2.05, 4.69) is 5.10 Å². The van der Waals surface area contributed by atoms with Crippen LogP contribution in [0.5, 0.6) is 0 Å². The average Bonchev–Trinajstić information content (AvgIpc) is 2.49. The zero-order chi connectivity index (χ0) is 13.2. The van der Waals surface area contributed by atoms with Gasteiger partial charge in [0.15, 0.2) is 0 Å². The summed E-state index contributed by atoms with van der Waals surface area (Å²) in [4.78, 5) is 2.37. The molecule has 5 nitrogen and oxygen atoms in total. The fourth-order valence-electron chi connectivity index (χ4n) is 1.86. The van der Waals surface area contributed by atoms with E-state index in [-0.39, 0.29) is 6.10 Å². The van der Waals surface area contributed by atoms with Crippen LogP contribution in [-0.4, -0.2) is 39.6 Å². The minimum atomic E-state index is -0.319. The molecule has 1 rings (SSSR count). The molecule has 0 spiro atoms. The first-order valence-electron chi connectivity index (χ1n) is 5.57. The first-order valence-corrected chi connectivity index (χ1v) is 5.98. The van der Waals surface area contributed by atoms with Crippen LogP contribution in [0.3, 0.4) is 0 Å². The molecule has 3 N–H and O–H groups in total. The Balaban J connectivity index is 2.99. The maximum Gasteiger partial charge on any atom is 0.136 e. The van der Waals surface area contributed by atoms with Crippen LogP contribution in [0, 0.1) is 6.92 Å². The lowest BCUT2D eigenvalue weighted by Gasteiger charge is -2.21. The Morgan fingerprint density at radius 1 is 1.65 bits per heavy atom. The van der Waals surface area contributed by atoms with Crippen molar-refractivity contribution in [3.63, 3.8) is 0 Å². The van der Waals surface area contributed by atoms with Gasteiger partial charge in [0.2, 0.25) is 0 Å². The van der Waals surface area contributed by atoms with Gasteiger partial charge in [0, 0.05) is 20.6 Å². The number of nitrogens with two attached hydrogens (primary N) is 1. The van der Waals surface area contributed by atoms with Gasteiger partial charge in [-0.1, -0.05) is 12.2 Å². The van der Waals surface area contributed by atoms with E-state index in [0.29, 0.717) is 11.4 Å². The lowest BCUT2D eigenvalue weighted by atomic mass is 10.2. The molecule has 96 valence electrons. The van der Waals surface area contributed by atoms with Gasteiger partial charge < -0.3 is 15.7 Å². The highest BCUT2D eigenvalue weighted by atomic mass is 32.1. The van der Waals surface area contributed by atoms with Gasteiger partial charge in [-0.15, -0.1) is 0 Å². The van der Waals surface area contributed by atoms with Crippen molar-refractivity contribution in [2.24, 2.45) is 12.8 Å². The van der Waals surface area contributed by atoms with Crippen molar-refractivity contribution in [1.29, 1.82) is 0 Å². The summed E-state index contributed by atoms with van der Waals surface area (Å²) in [5.41, 5.74) is 7.37. The molecule has 0 aromatic carbocycles. The summed E-state index contributed by atoms with van der Waals surface area (Å²) in [6.45, 7) is 4.39. The zero-order valence-corrected chi connectivity index (χ0v) is 11.6. The molecule has 0 saturated carbocycles. The summed E-state index contributed by atoms with van der Waals surface area (Å²) < 4.78 is 1.77. The molecule has 0 amide bonds. The number of anilines is 1. The second-order valence-electron chi connectivity index (χ2n) is 4.33. The average molecular weight is 256 g/mol. The van der Waals surface area contributed by atoms with Crippen molar-refractivity contribution >= 4 is 23.0 Å². The smallest absolute Gasteiger partial charge is 0.136 e. The van der Waals surface area contributed by atoms with E-state index in [4.69, 9.17) is 18.0 Å². The summed E-state index contributed by atoms with van der Waals surface area (Å²) in [6.07, 6.45) is 0.373. The molecule has 0 bridgehead atoms. The van der Waals surface area contributed by atoms with Gasteiger partial charge in [-0.2, -0.15) is 5.10 Å². The Morgan fingerprint density at radius 2 is 2.24 bits per heavy atom. The third kappa shape index (κ3) is 3.17. The van der Waals surface area contributed by atoms with Gasteiger partial charge in [-0.25, -0.2) is 0 Å². The quantitative estimate of drug-likeness (QED) is 0.754. The molecular formula is C11H20N4OS. The van der Waals surface area contributed by atoms with Crippen molar-refractivity contribution in [3.05, 3.63) is 11.3 Å². The van der Waals surface area contributed by atoms with Crippen LogP contribution in [0.25, 0.3) is 0 Å². The molecule has 17 heavy (non-hydrogen) atoms. The molecular weight excluding hydrogens is 236 g/mol. The Labute approximate surface area is 107 Å². The number of rotatable bonds is 5. The molecule has 0 fully saturated rings. The fourth-order valence-corrected chi connectivity index (χ4v) is 2.10. The van der Waals surface area contributed by atoms with Gasteiger partial charge >= 0.3 is 0 Å². The number of aromatic nitrogens is 2. The standard InChI is InChI=1S/C11H20N4OS/c1-7(16)5-6-14(3)11-9(10(12)17)8(2)13-15(11)4/h7,16H,5-6H2,1-4H3,(H2,12,17). The maximum atomic E-state index is 9.30. The largest absolute Gasteiger partial charge is 0.393 e. The monoisotopic (exact) mass is 256 g/mol. The first kappa shape index (κ1) is 13.9. The molecule has 1 atom stereocenters. The predicted octanol–water partition coefficient (Wildman–Crippen LogP) is 0.570. The van der Waals surface area contributed by atoms with Gasteiger partial charge in [0.25, 0.3) is 0 Å². The summed E-state index contributed by atoms with van der Waals surface area (Å²) in [5, 5.41) is 13.6. The lowest BCUT2D eigenvalue weighted by Crippen LogP contribution is -2.26. The highest BCUT2D eigenvalue weighted by Gasteiger charge is 2.18. The molecule has 1 aromatic rings. The molecule has 6 heteroatoms. The topological polar surface area (TPSA) is 67.3 Å². The van der Waals surface area contributed by atoms with Gasteiger partial charge in [-0.3, -0.25) is 4.68 Å². The molecule has 0 saturated heterocycles. The summed E-state index contributed by atoms with van der Waals surface area (Å²) in [5.74, 6) is 0.899. The molecule has 0 aliphatic rings. The Bertz CT molecular complexity index is 414. The van der Waals surface area contributed by atoms with Crippen molar-refractivity contribution in [1.82, 2.24) is 9.78 Å². The van der Waals surface area contributed by atoms with Crippen LogP contribution in [0.15, 0.2) is 0 Å². The highest BCUT2D eigenvalue weighted by molar-refractivity contribution is 7.80. The third-order valence-corrected chi connectivity index (χ3v) is 2.89. The van der Waals surface area contributed by atoms with E-state index in [9.17, 15) is 5.11 Å². The molecule has 1 heterocycles.